The average Bonchev–Trinajstić information content (AvgIpc) is 3.14. The predicted molar refractivity (Wildman–Crippen MR) is 129 cm³/mol. The van der Waals surface area contributed by atoms with Crippen LogP contribution in [0.2, 0.25) is 0 Å². The minimum absolute atomic E-state index is 0.0122. The lowest BCUT2D eigenvalue weighted by atomic mass is 9.98. The molecule has 1 atom stereocenters. The second-order valence-electron chi connectivity index (χ2n) is 7.73. The van der Waals surface area contributed by atoms with Crippen LogP contribution in [0.25, 0.3) is 11.1 Å². The maximum atomic E-state index is 14.6. The number of hydrogen-bond donors (Lipinski definition) is 2. The number of methoxy groups -OCH3 is 1. The summed E-state index contributed by atoms with van der Waals surface area (Å²) in [5.41, 5.74) is 3.84. The molecule has 0 bridgehead atoms. The zero-order chi connectivity index (χ0) is 24.4. The number of benzene rings is 3. The van der Waals surface area contributed by atoms with Crippen molar-refractivity contribution in [2.24, 2.45) is 0 Å². The number of carbonyl (C=O) groups excluding carboxylic acids is 1. The van der Waals surface area contributed by atoms with E-state index in [0.717, 1.165) is 35.4 Å². The highest BCUT2D eigenvalue weighted by Crippen LogP contribution is 2.44. The highest BCUT2D eigenvalue weighted by atomic mass is 127. The number of carbonyl (C=O) groups is 2. The van der Waals surface area contributed by atoms with Crippen LogP contribution in [0.15, 0.2) is 54.6 Å². The molecule has 3 aromatic carbocycles. The Morgan fingerprint density at radius 3 is 2.24 bits per heavy atom. The number of carboxylic acids is 1. The Bertz CT molecular complexity index is 1220. The first kappa shape index (κ1) is 23.9. The molecule has 0 spiro atoms. The molecule has 4 rings (SSSR count). The van der Waals surface area contributed by atoms with Crippen molar-refractivity contribution in [2.45, 2.75) is 18.4 Å². The van der Waals surface area contributed by atoms with E-state index >= 15 is 0 Å². The van der Waals surface area contributed by atoms with Gasteiger partial charge in [0.25, 0.3) is 0 Å². The first-order valence-corrected chi connectivity index (χ1v) is 11.4. The quantitative estimate of drug-likeness (QED) is 0.300. The second kappa shape index (κ2) is 9.96. The van der Waals surface area contributed by atoms with Gasteiger partial charge in [-0.25, -0.2) is 18.4 Å². The third-order valence-electron chi connectivity index (χ3n) is 5.77. The molecule has 2 N–H and O–H groups in total. The lowest BCUT2D eigenvalue weighted by Gasteiger charge is -2.19. The molecule has 9 heteroatoms. The molecule has 0 aromatic heterocycles. The zero-order valence-electron chi connectivity index (χ0n) is 18.0. The predicted octanol–water partition coefficient (Wildman–Crippen LogP) is 5.11. The minimum Gasteiger partial charge on any atom is -0.493 e. The van der Waals surface area contributed by atoms with E-state index in [-0.39, 0.29) is 21.7 Å². The summed E-state index contributed by atoms with van der Waals surface area (Å²) in [6.45, 7) is -0.0122. The van der Waals surface area contributed by atoms with Gasteiger partial charge in [-0.3, -0.25) is 0 Å². The van der Waals surface area contributed by atoms with Crippen LogP contribution in [-0.4, -0.2) is 36.9 Å². The number of ether oxygens (including phenoxy) is 2. The van der Waals surface area contributed by atoms with Crippen LogP contribution in [0.3, 0.4) is 0 Å². The topological polar surface area (TPSA) is 84.9 Å². The van der Waals surface area contributed by atoms with Crippen LogP contribution >= 0.6 is 22.6 Å². The first-order chi connectivity index (χ1) is 16.3. The third-order valence-corrected chi connectivity index (χ3v) is 6.55. The molecule has 0 saturated heterocycles. The van der Waals surface area contributed by atoms with E-state index in [9.17, 15) is 23.5 Å². The molecule has 34 heavy (non-hydrogen) atoms. The van der Waals surface area contributed by atoms with Gasteiger partial charge in [0.15, 0.2) is 11.6 Å². The molecular formula is C25H20F2INO5. The summed E-state index contributed by atoms with van der Waals surface area (Å²) in [6, 6.07) is 15.0. The molecule has 0 heterocycles. The van der Waals surface area contributed by atoms with Gasteiger partial charge >= 0.3 is 12.1 Å². The lowest BCUT2D eigenvalue weighted by molar-refractivity contribution is -0.139. The molecule has 0 saturated carbocycles. The maximum absolute atomic E-state index is 14.6. The number of hydrogen-bond acceptors (Lipinski definition) is 4. The van der Waals surface area contributed by atoms with Crippen molar-refractivity contribution in [1.29, 1.82) is 0 Å². The van der Waals surface area contributed by atoms with Gasteiger partial charge in [-0.05, 0) is 50.9 Å². The SMILES string of the molecule is COc1c(F)cc(I)c(F)c1C[C@H](NC(=O)OCC1c2ccccc2-c2ccccc21)C(=O)O. The third kappa shape index (κ3) is 4.56. The largest absolute Gasteiger partial charge is 0.493 e. The second-order valence-corrected chi connectivity index (χ2v) is 8.89. The van der Waals surface area contributed by atoms with E-state index in [2.05, 4.69) is 5.32 Å². The van der Waals surface area contributed by atoms with Crippen LogP contribution in [0.1, 0.15) is 22.6 Å². The number of aliphatic carboxylic acids is 1. The number of fused-ring (bicyclic) bond motifs is 3. The van der Waals surface area contributed by atoms with Crippen LogP contribution in [-0.2, 0) is 16.0 Å². The summed E-state index contributed by atoms with van der Waals surface area (Å²) in [5.74, 6) is -3.66. The van der Waals surface area contributed by atoms with Gasteiger partial charge in [-0.1, -0.05) is 48.5 Å². The normalized spacial score (nSPS) is 13.1. The molecule has 176 valence electrons. The standard InChI is InChI=1S/C25H20F2INO5/c1-33-23-17(22(27)20(28)11-19(23)26)10-21(24(30)31)29-25(32)34-12-18-15-8-4-2-6-13(15)14-7-3-5-9-16(14)18/h2-9,11,18,21H,10,12H2,1H3,(H,29,32)(H,30,31)/t21-/m0/s1. The van der Waals surface area contributed by atoms with E-state index in [1.54, 1.807) is 22.6 Å². The van der Waals surface area contributed by atoms with Crippen LogP contribution in [0, 0.1) is 15.2 Å². The Balaban J connectivity index is 1.49. The van der Waals surface area contributed by atoms with Gasteiger partial charge in [0.2, 0.25) is 0 Å². The average molecular weight is 579 g/mol. The monoisotopic (exact) mass is 579 g/mol. The molecule has 0 fully saturated rings. The van der Waals surface area contributed by atoms with Crippen LogP contribution in [0.4, 0.5) is 13.6 Å². The van der Waals surface area contributed by atoms with Crippen LogP contribution < -0.4 is 10.1 Å². The summed E-state index contributed by atoms with van der Waals surface area (Å²) in [4.78, 5) is 24.3. The number of alkyl carbamates (subject to hydrolysis) is 1. The van der Waals surface area contributed by atoms with Crippen molar-refractivity contribution >= 4 is 34.7 Å². The number of amides is 1. The molecular weight excluding hydrogens is 559 g/mol. The smallest absolute Gasteiger partial charge is 0.407 e. The molecule has 1 amide bonds. The number of rotatable bonds is 7. The van der Waals surface area contributed by atoms with E-state index in [0.29, 0.717) is 0 Å². The molecule has 1 aliphatic rings. The molecule has 0 aliphatic heterocycles. The Morgan fingerprint density at radius 1 is 1.09 bits per heavy atom. The van der Waals surface area contributed by atoms with Gasteiger partial charge in [0.05, 0.1) is 10.7 Å². The van der Waals surface area contributed by atoms with Crippen molar-refractivity contribution in [2.75, 3.05) is 13.7 Å². The fourth-order valence-corrected chi connectivity index (χ4v) is 4.82. The molecule has 3 aromatic rings. The summed E-state index contributed by atoms with van der Waals surface area (Å²) < 4.78 is 39.1. The maximum Gasteiger partial charge on any atom is 0.407 e. The molecule has 6 nitrogen and oxygen atoms in total. The highest BCUT2D eigenvalue weighted by molar-refractivity contribution is 14.1. The summed E-state index contributed by atoms with van der Waals surface area (Å²) in [5, 5.41) is 11.8. The van der Waals surface area contributed by atoms with E-state index < -0.39 is 41.9 Å². The Labute approximate surface area is 208 Å². The van der Waals surface area contributed by atoms with E-state index in [1.807, 2.05) is 48.5 Å². The summed E-state index contributed by atoms with van der Waals surface area (Å²) in [7, 11) is 1.16. The number of halogens is 3. The minimum atomic E-state index is -1.56. The van der Waals surface area contributed by atoms with Gasteiger partial charge < -0.3 is 19.9 Å². The Morgan fingerprint density at radius 2 is 1.68 bits per heavy atom. The lowest BCUT2D eigenvalue weighted by Crippen LogP contribution is -2.43. The molecule has 0 radical (unpaired) electrons. The fourth-order valence-electron chi connectivity index (χ4n) is 4.22. The van der Waals surface area contributed by atoms with Crippen molar-refractivity contribution in [1.82, 2.24) is 5.32 Å². The summed E-state index contributed by atoms with van der Waals surface area (Å²) in [6.07, 6.45) is -1.50. The first-order valence-electron chi connectivity index (χ1n) is 10.4. The Hall–Kier alpha value is -3.21. The van der Waals surface area contributed by atoms with Crippen molar-refractivity contribution in [3.8, 4) is 16.9 Å². The van der Waals surface area contributed by atoms with Crippen molar-refractivity contribution in [3.05, 3.63) is 86.5 Å². The summed E-state index contributed by atoms with van der Waals surface area (Å²) >= 11 is 1.60. The van der Waals surface area contributed by atoms with E-state index in [1.165, 1.54) is 0 Å². The van der Waals surface area contributed by atoms with Gasteiger partial charge in [0, 0.05) is 17.9 Å². The van der Waals surface area contributed by atoms with Crippen LogP contribution in [0.5, 0.6) is 5.75 Å². The molecule has 1 aliphatic carbocycles. The zero-order valence-corrected chi connectivity index (χ0v) is 20.1. The fraction of sp³-hybridized carbons (Fsp3) is 0.200. The van der Waals surface area contributed by atoms with Crippen molar-refractivity contribution in [3.63, 3.8) is 0 Å². The number of nitrogens with one attached hydrogen (secondary N) is 1. The number of carboxylic acid groups (broad SMARTS) is 1. The van der Waals surface area contributed by atoms with Gasteiger partial charge in [0.1, 0.15) is 18.5 Å². The molecule has 0 unspecified atom stereocenters. The Kier molecular flexibility index (Phi) is 7.01. The van der Waals surface area contributed by atoms with Crippen molar-refractivity contribution < 1.29 is 33.0 Å². The van der Waals surface area contributed by atoms with Gasteiger partial charge in [-0.2, -0.15) is 0 Å². The van der Waals surface area contributed by atoms with E-state index in [4.69, 9.17) is 9.47 Å². The highest BCUT2D eigenvalue weighted by Gasteiger charge is 2.31. The van der Waals surface area contributed by atoms with Gasteiger partial charge in [-0.15, -0.1) is 0 Å².